The van der Waals surface area contributed by atoms with E-state index in [2.05, 4.69) is 25.7 Å². The van der Waals surface area contributed by atoms with Gasteiger partial charge in [0.05, 0.1) is 0 Å². The Morgan fingerprint density at radius 3 is 2.43 bits per heavy atom. The highest BCUT2D eigenvalue weighted by Gasteiger charge is 2.37. The Labute approximate surface area is 171 Å². The summed E-state index contributed by atoms with van der Waals surface area (Å²) in [6.07, 6.45) is -0.187. The van der Waals surface area contributed by atoms with E-state index >= 15 is 0 Å². The molecule has 1 aliphatic rings. The molecule has 1 fully saturated rings. The van der Waals surface area contributed by atoms with Crippen molar-refractivity contribution in [2.45, 2.75) is 58.5 Å². The van der Waals surface area contributed by atoms with Crippen molar-refractivity contribution in [1.29, 1.82) is 0 Å². The van der Waals surface area contributed by atoms with Crippen LogP contribution in [0.25, 0.3) is 5.78 Å². The number of nitrogens with zero attached hydrogens (tertiary/aromatic N) is 4. The highest BCUT2D eigenvalue weighted by atomic mass is 19.4. The third kappa shape index (κ3) is 5.06. The summed E-state index contributed by atoms with van der Waals surface area (Å²) in [6.45, 7) is 3.99. The van der Waals surface area contributed by atoms with Gasteiger partial charge in [0.2, 0.25) is 11.8 Å². The van der Waals surface area contributed by atoms with Gasteiger partial charge < -0.3 is 10.6 Å². The molecule has 0 aromatic carbocycles. The molecule has 11 heteroatoms. The number of hydrogen-bond acceptors (Lipinski definition) is 5. The third-order valence-corrected chi connectivity index (χ3v) is 5.38. The normalized spacial score (nSPS) is 15.0. The zero-order chi connectivity index (χ0) is 21.9. The SMILES string of the molecule is Cc1nc2nc(C(F)(F)F)nn2c(C)c1CCC(=O)NCCNC(=O)C1CCCC1. The lowest BCUT2D eigenvalue weighted by Gasteiger charge is -2.12. The molecule has 0 aliphatic heterocycles. The average Bonchev–Trinajstić information content (AvgIpc) is 3.34. The molecule has 2 N–H and O–H groups in total. The molecule has 2 heterocycles. The van der Waals surface area contributed by atoms with Crippen molar-refractivity contribution < 1.29 is 22.8 Å². The zero-order valence-corrected chi connectivity index (χ0v) is 17.0. The summed E-state index contributed by atoms with van der Waals surface area (Å²) in [5.41, 5.74) is 1.64. The van der Waals surface area contributed by atoms with Crippen molar-refractivity contribution in [3.05, 3.63) is 22.8 Å². The van der Waals surface area contributed by atoms with E-state index in [0.717, 1.165) is 30.2 Å². The van der Waals surface area contributed by atoms with Crippen LogP contribution in [0.4, 0.5) is 13.2 Å². The van der Waals surface area contributed by atoms with Crippen LogP contribution in [0.5, 0.6) is 0 Å². The van der Waals surface area contributed by atoms with Gasteiger partial charge in [0.1, 0.15) is 0 Å². The number of fused-ring (bicyclic) bond motifs is 1. The fourth-order valence-corrected chi connectivity index (χ4v) is 3.74. The number of aryl methyl sites for hydroxylation is 2. The second kappa shape index (κ2) is 8.97. The first-order valence-corrected chi connectivity index (χ1v) is 10.0. The molecule has 2 amide bonds. The van der Waals surface area contributed by atoms with Gasteiger partial charge in [0.15, 0.2) is 0 Å². The maximum absolute atomic E-state index is 12.9. The number of halogens is 3. The van der Waals surface area contributed by atoms with E-state index in [4.69, 9.17) is 0 Å². The largest absolute Gasteiger partial charge is 0.453 e. The maximum Gasteiger partial charge on any atom is 0.453 e. The lowest BCUT2D eigenvalue weighted by atomic mass is 10.1. The van der Waals surface area contributed by atoms with E-state index in [0.29, 0.717) is 36.5 Å². The molecule has 0 bridgehead atoms. The Morgan fingerprint density at radius 1 is 1.10 bits per heavy atom. The summed E-state index contributed by atoms with van der Waals surface area (Å²) in [5.74, 6) is -1.45. The molecule has 30 heavy (non-hydrogen) atoms. The molecule has 0 atom stereocenters. The van der Waals surface area contributed by atoms with E-state index in [1.807, 2.05) is 0 Å². The topological polar surface area (TPSA) is 101 Å². The number of carbonyl (C=O) groups excluding carboxylic acids is 2. The van der Waals surface area contributed by atoms with Gasteiger partial charge in [-0.3, -0.25) is 9.59 Å². The van der Waals surface area contributed by atoms with Gasteiger partial charge in [-0.25, -0.2) is 9.50 Å². The molecule has 2 aromatic rings. The lowest BCUT2D eigenvalue weighted by molar-refractivity contribution is -0.144. The second-order valence-electron chi connectivity index (χ2n) is 7.53. The van der Waals surface area contributed by atoms with E-state index in [-0.39, 0.29) is 29.9 Å². The molecule has 1 aliphatic carbocycles. The molecular weight excluding hydrogens is 401 g/mol. The first kappa shape index (κ1) is 22.0. The van der Waals surface area contributed by atoms with Crippen LogP contribution >= 0.6 is 0 Å². The third-order valence-electron chi connectivity index (χ3n) is 5.38. The predicted molar refractivity (Wildman–Crippen MR) is 102 cm³/mol. The molecule has 0 saturated heterocycles. The first-order chi connectivity index (χ1) is 14.2. The minimum atomic E-state index is -4.65. The van der Waals surface area contributed by atoms with Gasteiger partial charge in [0, 0.05) is 36.8 Å². The highest BCUT2D eigenvalue weighted by molar-refractivity contribution is 5.79. The summed E-state index contributed by atoms with van der Waals surface area (Å²) in [6, 6.07) is 0. The van der Waals surface area contributed by atoms with Crippen LogP contribution in [0.3, 0.4) is 0 Å². The van der Waals surface area contributed by atoms with Gasteiger partial charge in [0.25, 0.3) is 11.6 Å². The monoisotopic (exact) mass is 426 g/mol. The van der Waals surface area contributed by atoms with Gasteiger partial charge in [-0.05, 0) is 38.7 Å². The fraction of sp³-hybridized carbons (Fsp3) is 0.632. The van der Waals surface area contributed by atoms with Crippen LogP contribution < -0.4 is 10.6 Å². The van der Waals surface area contributed by atoms with E-state index in [1.165, 1.54) is 0 Å². The van der Waals surface area contributed by atoms with Gasteiger partial charge >= 0.3 is 6.18 Å². The van der Waals surface area contributed by atoms with Crippen LogP contribution in [0, 0.1) is 19.8 Å². The Morgan fingerprint density at radius 2 is 1.77 bits per heavy atom. The number of rotatable bonds is 7. The number of nitrogens with one attached hydrogen (secondary N) is 2. The molecule has 3 rings (SSSR count). The summed E-state index contributed by atoms with van der Waals surface area (Å²) in [7, 11) is 0. The van der Waals surface area contributed by atoms with Crippen LogP contribution in [0.15, 0.2) is 0 Å². The molecular formula is C19H25F3N6O2. The maximum atomic E-state index is 12.9. The molecule has 2 aromatic heterocycles. The van der Waals surface area contributed by atoms with Crippen molar-refractivity contribution in [3.63, 3.8) is 0 Å². The molecule has 0 unspecified atom stereocenters. The minimum Gasteiger partial charge on any atom is -0.354 e. The van der Waals surface area contributed by atoms with Crippen LogP contribution in [0.2, 0.25) is 0 Å². The quantitative estimate of drug-likeness (QED) is 0.661. The zero-order valence-electron chi connectivity index (χ0n) is 17.0. The number of alkyl halides is 3. The summed E-state index contributed by atoms with van der Waals surface area (Å²) >= 11 is 0. The van der Waals surface area contributed by atoms with Crippen molar-refractivity contribution >= 4 is 17.6 Å². The van der Waals surface area contributed by atoms with Gasteiger partial charge in [-0.15, -0.1) is 5.10 Å². The second-order valence-corrected chi connectivity index (χ2v) is 7.53. The van der Waals surface area contributed by atoms with Crippen LogP contribution in [0.1, 0.15) is 54.9 Å². The number of hydrogen-bond donors (Lipinski definition) is 2. The smallest absolute Gasteiger partial charge is 0.354 e. The Bertz CT molecular complexity index is 934. The minimum absolute atomic E-state index is 0.0402. The lowest BCUT2D eigenvalue weighted by Crippen LogP contribution is -2.37. The van der Waals surface area contributed by atoms with E-state index in [9.17, 15) is 22.8 Å². The first-order valence-electron chi connectivity index (χ1n) is 10.0. The molecule has 0 spiro atoms. The average molecular weight is 426 g/mol. The fourth-order valence-electron chi connectivity index (χ4n) is 3.74. The standard InChI is InChI=1S/C19H25F3N6O2/c1-11-14(12(2)28-18(25-11)26-17(27-28)19(20,21)22)7-8-15(29)23-9-10-24-16(30)13-5-3-4-6-13/h13H,3-10H2,1-2H3,(H,23,29)(H,24,30). The molecule has 0 radical (unpaired) electrons. The molecule has 8 nitrogen and oxygen atoms in total. The Kier molecular flexibility index (Phi) is 6.57. The van der Waals surface area contributed by atoms with Crippen LogP contribution in [-0.2, 0) is 22.2 Å². The summed E-state index contributed by atoms with van der Waals surface area (Å²) in [5, 5.41) is 9.07. The Hall–Kier alpha value is -2.72. The van der Waals surface area contributed by atoms with E-state index in [1.54, 1.807) is 13.8 Å². The highest BCUT2D eigenvalue weighted by Crippen LogP contribution is 2.27. The number of amides is 2. The van der Waals surface area contributed by atoms with Crippen molar-refractivity contribution in [2.75, 3.05) is 13.1 Å². The van der Waals surface area contributed by atoms with Crippen molar-refractivity contribution in [3.8, 4) is 0 Å². The summed E-state index contributed by atoms with van der Waals surface area (Å²) in [4.78, 5) is 31.6. The van der Waals surface area contributed by atoms with Crippen LogP contribution in [-0.4, -0.2) is 44.5 Å². The van der Waals surface area contributed by atoms with Gasteiger partial charge in [-0.1, -0.05) is 12.8 Å². The number of carbonyl (C=O) groups is 2. The van der Waals surface area contributed by atoms with Gasteiger partial charge in [-0.2, -0.15) is 18.2 Å². The van der Waals surface area contributed by atoms with Crippen molar-refractivity contribution in [1.82, 2.24) is 30.2 Å². The summed E-state index contributed by atoms with van der Waals surface area (Å²) < 4.78 is 39.6. The number of aromatic nitrogens is 4. The predicted octanol–water partition coefficient (Wildman–Crippen LogP) is 2.12. The van der Waals surface area contributed by atoms with Crippen molar-refractivity contribution in [2.24, 2.45) is 5.92 Å². The Balaban J connectivity index is 1.52. The van der Waals surface area contributed by atoms with E-state index < -0.39 is 12.0 Å². The molecule has 164 valence electrons. The molecule has 1 saturated carbocycles.